The third-order valence-electron chi connectivity index (χ3n) is 6.66. The summed E-state index contributed by atoms with van der Waals surface area (Å²) in [6, 6.07) is 0. The number of amides is 2. The van der Waals surface area contributed by atoms with Crippen LogP contribution < -0.4 is 5.32 Å². The lowest BCUT2D eigenvalue weighted by atomic mass is 9.96. The van der Waals surface area contributed by atoms with Crippen LogP contribution in [-0.4, -0.2) is 59.1 Å². The zero-order valence-electron chi connectivity index (χ0n) is 20.9. The van der Waals surface area contributed by atoms with E-state index >= 15 is 0 Å². The van der Waals surface area contributed by atoms with E-state index in [9.17, 15) is 14.4 Å². The second-order valence-electron chi connectivity index (χ2n) is 8.97. The summed E-state index contributed by atoms with van der Waals surface area (Å²) in [6.07, 6.45) is 3.13. The molecule has 0 unspecified atom stereocenters. The lowest BCUT2D eigenvalue weighted by Crippen LogP contribution is -2.45. The molecule has 2 aromatic rings. The molecule has 1 fully saturated rings. The fourth-order valence-corrected chi connectivity index (χ4v) is 4.69. The normalized spacial score (nSPS) is 15.9. The van der Waals surface area contributed by atoms with Crippen molar-refractivity contribution in [2.45, 2.75) is 66.7 Å². The number of esters is 1. The molecule has 1 atom stereocenters. The molecule has 0 aromatic carbocycles. The zero-order chi connectivity index (χ0) is 24.8. The highest BCUT2D eigenvalue weighted by Crippen LogP contribution is 2.22. The number of nitrogens with zero attached hydrogens (tertiary/aromatic N) is 2. The molecule has 1 aliphatic heterocycles. The zero-order valence-corrected chi connectivity index (χ0v) is 20.9. The number of H-pyrrole nitrogens is 1. The number of aromatic amines is 1. The first-order valence-electron chi connectivity index (χ1n) is 12.0. The molecule has 0 radical (unpaired) electrons. The smallest absolute Gasteiger partial charge is 0.355 e. The molecule has 2 amide bonds. The number of aromatic nitrogens is 2. The highest BCUT2D eigenvalue weighted by molar-refractivity contribution is 5.90. The van der Waals surface area contributed by atoms with Crippen molar-refractivity contribution in [1.82, 2.24) is 20.4 Å². The van der Waals surface area contributed by atoms with Crippen LogP contribution in [0.3, 0.4) is 0 Å². The Balaban J connectivity index is 1.50. The Bertz CT molecular complexity index is 1020. The second kappa shape index (κ2) is 11.4. The van der Waals surface area contributed by atoms with Crippen LogP contribution in [0.25, 0.3) is 0 Å². The quantitative estimate of drug-likeness (QED) is 0.542. The van der Waals surface area contributed by atoms with Gasteiger partial charge in [-0.05, 0) is 71.4 Å². The van der Waals surface area contributed by atoms with Crippen LogP contribution in [0.5, 0.6) is 0 Å². The lowest BCUT2D eigenvalue weighted by molar-refractivity contribution is -0.135. The molecule has 2 aromatic heterocycles. The lowest BCUT2D eigenvalue weighted by Gasteiger charge is -2.32. The molecule has 1 aliphatic rings. The average Bonchev–Trinajstić information content (AvgIpc) is 3.29. The number of aryl methyl sites for hydroxylation is 3. The molecule has 9 nitrogen and oxygen atoms in total. The van der Waals surface area contributed by atoms with Crippen molar-refractivity contribution in [3.63, 3.8) is 0 Å². The van der Waals surface area contributed by atoms with Crippen molar-refractivity contribution < 1.29 is 23.6 Å². The molecule has 1 saturated heterocycles. The van der Waals surface area contributed by atoms with Crippen LogP contribution in [0.15, 0.2) is 4.52 Å². The molecule has 186 valence electrons. The van der Waals surface area contributed by atoms with Gasteiger partial charge in [0.2, 0.25) is 11.8 Å². The van der Waals surface area contributed by atoms with Gasteiger partial charge < -0.3 is 24.5 Å². The van der Waals surface area contributed by atoms with Gasteiger partial charge in [0.05, 0.1) is 18.2 Å². The topological polar surface area (TPSA) is 118 Å². The summed E-state index contributed by atoms with van der Waals surface area (Å²) >= 11 is 0. The fraction of sp³-hybridized carbons (Fsp3) is 0.600. The number of carbonyl (C=O) groups is 3. The van der Waals surface area contributed by atoms with Crippen LogP contribution in [0.1, 0.15) is 70.5 Å². The number of rotatable bonds is 9. The van der Waals surface area contributed by atoms with E-state index in [0.717, 1.165) is 46.7 Å². The summed E-state index contributed by atoms with van der Waals surface area (Å²) in [5.74, 6) is 0.225. The molecule has 9 heteroatoms. The van der Waals surface area contributed by atoms with E-state index in [2.05, 4.69) is 15.5 Å². The number of carbonyl (C=O) groups excluding carboxylic acids is 3. The van der Waals surface area contributed by atoms with E-state index < -0.39 is 0 Å². The van der Waals surface area contributed by atoms with Gasteiger partial charge in [-0.1, -0.05) is 5.16 Å². The van der Waals surface area contributed by atoms with E-state index in [1.807, 2.05) is 27.7 Å². The van der Waals surface area contributed by atoms with E-state index in [0.29, 0.717) is 51.2 Å². The van der Waals surface area contributed by atoms with Gasteiger partial charge in [-0.2, -0.15) is 0 Å². The molecule has 2 N–H and O–H groups in total. The largest absolute Gasteiger partial charge is 0.461 e. The summed E-state index contributed by atoms with van der Waals surface area (Å²) in [7, 11) is 0. The highest BCUT2D eigenvalue weighted by atomic mass is 16.5. The van der Waals surface area contributed by atoms with Gasteiger partial charge in [0.1, 0.15) is 11.5 Å². The highest BCUT2D eigenvalue weighted by Gasteiger charge is 2.28. The summed E-state index contributed by atoms with van der Waals surface area (Å²) in [5.41, 5.74) is 5.02. The number of nitrogens with one attached hydrogen (secondary N) is 2. The molecular weight excluding hydrogens is 436 g/mol. The van der Waals surface area contributed by atoms with Crippen molar-refractivity contribution in [2.24, 2.45) is 5.92 Å². The van der Waals surface area contributed by atoms with E-state index in [-0.39, 0.29) is 23.7 Å². The van der Waals surface area contributed by atoms with E-state index in [1.165, 1.54) is 0 Å². The minimum Gasteiger partial charge on any atom is -0.461 e. The SMILES string of the molecule is CCOC(=O)c1[nH]c(C)c(CCC(=O)N2CCC[C@@H](C(=O)NCCc3c(C)noc3C)C2)c1C. The molecule has 3 heterocycles. The number of likely N-dealkylation sites (tertiary alicyclic amines) is 1. The Morgan fingerprint density at radius 2 is 1.94 bits per heavy atom. The van der Waals surface area contributed by atoms with E-state index in [1.54, 1.807) is 11.8 Å². The molecule has 0 saturated carbocycles. The Hall–Kier alpha value is -3.10. The number of ether oxygens (including phenoxy) is 1. The van der Waals surface area contributed by atoms with Crippen molar-refractivity contribution in [3.05, 3.63) is 39.5 Å². The molecule has 3 rings (SSSR count). The number of hydrogen-bond acceptors (Lipinski definition) is 6. The molecular formula is C25H36N4O5. The Kier molecular flexibility index (Phi) is 8.52. The molecule has 0 aliphatic carbocycles. The Morgan fingerprint density at radius 1 is 1.18 bits per heavy atom. The minimum atomic E-state index is -0.375. The van der Waals surface area contributed by atoms with Crippen molar-refractivity contribution in [2.75, 3.05) is 26.2 Å². The summed E-state index contributed by atoms with van der Waals surface area (Å²) in [4.78, 5) is 42.7. The van der Waals surface area contributed by atoms with E-state index in [4.69, 9.17) is 9.26 Å². The Morgan fingerprint density at radius 3 is 2.62 bits per heavy atom. The maximum absolute atomic E-state index is 12.9. The summed E-state index contributed by atoms with van der Waals surface area (Å²) in [6.45, 7) is 11.2. The third-order valence-corrected chi connectivity index (χ3v) is 6.66. The molecule has 0 spiro atoms. The fourth-order valence-electron chi connectivity index (χ4n) is 4.69. The third kappa shape index (κ3) is 5.87. The van der Waals surface area contributed by atoms with Crippen LogP contribution >= 0.6 is 0 Å². The van der Waals surface area contributed by atoms with Crippen molar-refractivity contribution >= 4 is 17.8 Å². The van der Waals surface area contributed by atoms with Crippen LogP contribution in [-0.2, 0) is 27.2 Å². The maximum atomic E-state index is 12.9. The molecule has 34 heavy (non-hydrogen) atoms. The van der Waals surface area contributed by atoms with Crippen LogP contribution in [0, 0.1) is 33.6 Å². The average molecular weight is 473 g/mol. The van der Waals surface area contributed by atoms with Gasteiger partial charge in [0.15, 0.2) is 0 Å². The van der Waals surface area contributed by atoms with Gasteiger partial charge in [0.25, 0.3) is 0 Å². The predicted octanol–water partition coefficient (Wildman–Crippen LogP) is 2.94. The van der Waals surface area contributed by atoms with Gasteiger partial charge in [-0.25, -0.2) is 4.79 Å². The number of hydrogen-bond donors (Lipinski definition) is 2. The Labute approximate surface area is 200 Å². The predicted molar refractivity (Wildman–Crippen MR) is 127 cm³/mol. The first-order chi connectivity index (χ1) is 16.2. The number of piperidine rings is 1. The standard InChI is InChI=1S/C25H36N4O5/c1-6-33-25(32)23-15(2)20(16(3)27-23)9-10-22(30)29-13-7-8-19(14-29)24(31)26-12-11-21-17(4)28-34-18(21)5/h19,27H,6-14H2,1-5H3,(H,26,31)/t19-/m1/s1. The minimum absolute atomic E-state index is 0.0133. The summed E-state index contributed by atoms with van der Waals surface area (Å²) in [5, 5.41) is 6.95. The van der Waals surface area contributed by atoms with Crippen LogP contribution in [0.4, 0.5) is 0 Å². The maximum Gasteiger partial charge on any atom is 0.355 e. The van der Waals surface area contributed by atoms with Crippen LogP contribution in [0.2, 0.25) is 0 Å². The van der Waals surface area contributed by atoms with Crippen molar-refractivity contribution in [3.8, 4) is 0 Å². The second-order valence-corrected chi connectivity index (χ2v) is 8.97. The first kappa shape index (κ1) is 25.5. The van der Waals surface area contributed by atoms with Gasteiger partial charge in [-0.15, -0.1) is 0 Å². The van der Waals surface area contributed by atoms with Gasteiger partial charge in [0, 0.05) is 37.3 Å². The molecule has 0 bridgehead atoms. The first-order valence-corrected chi connectivity index (χ1v) is 12.0. The van der Waals surface area contributed by atoms with Gasteiger partial charge >= 0.3 is 5.97 Å². The monoisotopic (exact) mass is 472 g/mol. The van der Waals surface area contributed by atoms with Crippen molar-refractivity contribution in [1.29, 1.82) is 0 Å². The van der Waals surface area contributed by atoms with Gasteiger partial charge in [-0.3, -0.25) is 9.59 Å². The summed E-state index contributed by atoms with van der Waals surface area (Å²) < 4.78 is 10.3.